The molecule has 1 spiro atoms. The predicted octanol–water partition coefficient (Wildman–Crippen LogP) is 4.93. The Balaban J connectivity index is 1.49. The molecule has 0 aromatic rings. The van der Waals surface area contributed by atoms with Gasteiger partial charge >= 0.3 is 5.97 Å². The van der Waals surface area contributed by atoms with Gasteiger partial charge in [-0.2, -0.15) is 5.10 Å². The van der Waals surface area contributed by atoms with Gasteiger partial charge in [0, 0.05) is 11.6 Å². The van der Waals surface area contributed by atoms with E-state index in [0.717, 1.165) is 32.1 Å². The summed E-state index contributed by atoms with van der Waals surface area (Å²) < 4.78 is 12.5. The van der Waals surface area contributed by atoms with Gasteiger partial charge in [-0.25, -0.2) is 0 Å². The number of nitrogens with two attached hydrogens (primary N) is 1. The summed E-state index contributed by atoms with van der Waals surface area (Å²) in [7, 11) is 1.57. The van der Waals surface area contributed by atoms with E-state index in [-0.39, 0.29) is 27.8 Å². The van der Waals surface area contributed by atoms with Gasteiger partial charge in [-0.15, -0.1) is 0 Å². The summed E-state index contributed by atoms with van der Waals surface area (Å²) in [5, 5.41) is 4.44. The van der Waals surface area contributed by atoms with Crippen LogP contribution in [0.3, 0.4) is 0 Å². The number of esters is 1. The van der Waals surface area contributed by atoms with Crippen LogP contribution in [-0.4, -0.2) is 30.5 Å². The lowest BCUT2D eigenvalue weighted by atomic mass is 9.31. The molecule has 4 bridgehead atoms. The van der Waals surface area contributed by atoms with E-state index in [1.54, 1.807) is 7.11 Å². The third-order valence-corrected chi connectivity index (χ3v) is 12.2. The molecule has 1 heterocycles. The molecule has 1 saturated heterocycles. The number of hydrogen-bond donors (Lipinski definition) is 1. The number of ether oxygens (including phenoxy) is 2. The summed E-state index contributed by atoms with van der Waals surface area (Å²) >= 11 is 0. The largest absolute Gasteiger partial charge is 0.469 e. The molecule has 0 amide bonds. The Hall–Kier alpha value is -1.10. The zero-order valence-corrected chi connectivity index (χ0v) is 20.7. The molecule has 6 aliphatic carbocycles. The summed E-state index contributed by atoms with van der Waals surface area (Å²) in [4.78, 5) is 13.1. The number of carbonyl (C=O) groups excluding carboxylic acids is 1. The zero-order chi connectivity index (χ0) is 22.7. The number of fused-ring (bicyclic) bond motifs is 1. The average molecular weight is 443 g/mol. The topological polar surface area (TPSA) is 73.9 Å². The number of hydrazone groups is 1. The van der Waals surface area contributed by atoms with Gasteiger partial charge in [0.25, 0.3) is 0 Å². The molecule has 32 heavy (non-hydrogen) atoms. The molecule has 0 aromatic carbocycles. The third kappa shape index (κ3) is 2.21. The van der Waals surface area contributed by atoms with E-state index in [2.05, 4.69) is 32.8 Å². The quantitative estimate of drug-likeness (QED) is 0.374. The van der Waals surface area contributed by atoms with Crippen molar-refractivity contribution >= 4 is 11.7 Å². The summed E-state index contributed by atoms with van der Waals surface area (Å²) in [6.07, 6.45) is 10.5. The van der Waals surface area contributed by atoms with E-state index < -0.39 is 0 Å². The van der Waals surface area contributed by atoms with Crippen LogP contribution >= 0.6 is 0 Å². The second kappa shape index (κ2) is 6.52. The Morgan fingerprint density at radius 1 is 1.19 bits per heavy atom. The van der Waals surface area contributed by atoms with Gasteiger partial charge < -0.3 is 15.3 Å². The van der Waals surface area contributed by atoms with Crippen LogP contribution in [0.25, 0.3) is 0 Å². The average Bonchev–Trinajstić information content (AvgIpc) is 3.08. The molecule has 7 fully saturated rings. The van der Waals surface area contributed by atoms with Gasteiger partial charge in [-0.1, -0.05) is 27.2 Å². The molecule has 0 aromatic heterocycles. The summed E-state index contributed by atoms with van der Waals surface area (Å²) in [5.41, 5.74) is 1.33. The molecular formula is C27H42N2O3. The molecule has 5 nitrogen and oxygen atoms in total. The molecule has 1 aliphatic heterocycles. The highest BCUT2D eigenvalue weighted by atomic mass is 16.5. The molecule has 6 saturated carbocycles. The van der Waals surface area contributed by atoms with Crippen LogP contribution in [0.1, 0.15) is 85.5 Å². The van der Waals surface area contributed by atoms with Crippen LogP contribution in [0.4, 0.5) is 0 Å². The molecule has 0 unspecified atom stereocenters. The molecule has 7 rings (SSSR count). The van der Waals surface area contributed by atoms with Crippen molar-refractivity contribution in [2.24, 2.45) is 62.7 Å². The Bertz CT molecular complexity index is 871. The van der Waals surface area contributed by atoms with Gasteiger partial charge in [-0.3, -0.25) is 4.79 Å². The van der Waals surface area contributed by atoms with Crippen molar-refractivity contribution in [3.63, 3.8) is 0 Å². The fourth-order valence-corrected chi connectivity index (χ4v) is 11.2. The standard InChI is InChI=1S/C27H42N2O3/c1-15(2)27-14-26-12-9-19-24(3,10-6-11-25(19,4)23(30)31-5)20(26)13-16(27)21-18(32-27)8-7-17(29-28)22(21)26/h15-16,18-22H,6-14,28H2,1-5H3/b29-17+/t16-,18+,19-,20-,21+,22-,24+,25-,26+,27-/m1/s1. The normalized spacial score (nSPS) is 56.8. The Labute approximate surface area is 193 Å². The van der Waals surface area contributed by atoms with Crippen molar-refractivity contribution in [3.05, 3.63) is 0 Å². The molecule has 178 valence electrons. The predicted molar refractivity (Wildman–Crippen MR) is 124 cm³/mol. The molecule has 2 N–H and O–H groups in total. The lowest BCUT2D eigenvalue weighted by molar-refractivity contribution is -0.245. The van der Waals surface area contributed by atoms with Gasteiger partial charge in [0.1, 0.15) is 0 Å². The van der Waals surface area contributed by atoms with Crippen molar-refractivity contribution in [1.82, 2.24) is 0 Å². The second-order valence-corrected chi connectivity index (χ2v) is 13.1. The van der Waals surface area contributed by atoms with E-state index >= 15 is 0 Å². The van der Waals surface area contributed by atoms with Crippen LogP contribution in [0.5, 0.6) is 0 Å². The van der Waals surface area contributed by atoms with Crippen molar-refractivity contribution in [2.45, 2.75) is 97.2 Å². The lowest BCUT2D eigenvalue weighted by Gasteiger charge is -2.73. The molecule has 0 radical (unpaired) electrons. The zero-order valence-electron chi connectivity index (χ0n) is 20.7. The first-order valence-corrected chi connectivity index (χ1v) is 13.2. The fraction of sp³-hybridized carbons (Fsp3) is 0.926. The molecule has 7 aliphatic rings. The van der Waals surface area contributed by atoms with Crippen molar-refractivity contribution in [2.75, 3.05) is 7.11 Å². The summed E-state index contributed by atoms with van der Waals surface area (Å²) in [5.74, 6) is 9.30. The highest BCUT2D eigenvalue weighted by Crippen LogP contribution is 2.79. The third-order valence-electron chi connectivity index (χ3n) is 12.2. The van der Waals surface area contributed by atoms with Gasteiger partial charge in [0.2, 0.25) is 0 Å². The monoisotopic (exact) mass is 442 g/mol. The van der Waals surface area contributed by atoms with E-state index in [1.807, 2.05) is 0 Å². The van der Waals surface area contributed by atoms with E-state index in [1.165, 1.54) is 31.4 Å². The van der Waals surface area contributed by atoms with Crippen molar-refractivity contribution < 1.29 is 14.3 Å². The highest BCUT2D eigenvalue weighted by molar-refractivity contribution is 5.89. The maximum absolute atomic E-state index is 13.1. The van der Waals surface area contributed by atoms with Crippen molar-refractivity contribution in [1.29, 1.82) is 0 Å². The van der Waals surface area contributed by atoms with Gasteiger partial charge in [0.05, 0.1) is 24.2 Å². The first-order chi connectivity index (χ1) is 15.2. The Morgan fingerprint density at radius 3 is 2.66 bits per heavy atom. The fourth-order valence-electron chi connectivity index (χ4n) is 11.2. The minimum absolute atomic E-state index is 0.00865. The number of nitrogens with zero attached hydrogens (tertiary/aromatic N) is 1. The number of rotatable bonds is 2. The van der Waals surface area contributed by atoms with E-state index in [4.69, 9.17) is 15.3 Å². The van der Waals surface area contributed by atoms with Crippen molar-refractivity contribution in [3.8, 4) is 0 Å². The molecule has 10 atom stereocenters. The van der Waals surface area contributed by atoms with Crippen LogP contribution in [0.2, 0.25) is 0 Å². The summed E-state index contributed by atoms with van der Waals surface area (Å²) in [6, 6.07) is 0. The van der Waals surface area contributed by atoms with E-state index in [9.17, 15) is 4.79 Å². The lowest BCUT2D eigenvalue weighted by Crippen LogP contribution is -2.71. The maximum Gasteiger partial charge on any atom is 0.311 e. The molecule has 5 heteroatoms. The number of carbonyl (C=O) groups is 1. The first kappa shape index (κ1) is 21.4. The summed E-state index contributed by atoms with van der Waals surface area (Å²) in [6.45, 7) is 9.51. The van der Waals surface area contributed by atoms with Crippen LogP contribution in [0, 0.1) is 51.8 Å². The second-order valence-electron chi connectivity index (χ2n) is 13.1. The van der Waals surface area contributed by atoms with Crippen LogP contribution in [0.15, 0.2) is 5.10 Å². The number of hydrogen-bond acceptors (Lipinski definition) is 5. The van der Waals surface area contributed by atoms with Crippen LogP contribution < -0.4 is 5.84 Å². The Kier molecular flexibility index (Phi) is 4.37. The van der Waals surface area contributed by atoms with Crippen LogP contribution in [-0.2, 0) is 14.3 Å². The Morgan fingerprint density at radius 2 is 1.97 bits per heavy atom. The smallest absolute Gasteiger partial charge is 0.311 e. The van der Waals surface area contributed by atoms with E-state index in [0.29, 0.717) is 41.6 Å². The minimum Gasteiger partial charge on any atom is -0.469 e. The number of methoxy groups -OCH3 is 1. The highest BCUT2D eigenvalue weighted by Gasteiger charge is 2.78. The van der Waals surface area contributed by atoms with Gasteiger partial charge in [-0.05, 0) is 98.7 Å². The SMILES string of the molecule is COC(=O)[C@]1(C)CCC[C@]2(C)[C@H]3C[C@@H]4[C@H]5[C@@H]6CC/C(=N\N)[C@H]5[C@@]3(CC[C@H]21)C[C@]4(C(C)C)O6. The molecular weight excluding hydrogens is 400 g/mol. The minimum atomic E-state index is -0.356. The van der Waals surface area contributed by atoms with Gasteiger partial charge in [0.15, 0.2) is 0 Å². The first-order valence-electron chi connectivity index (χ1n) is 13.2. The maximum atomic E-state index is 13.1.